The molecule has 1 aromatic carbocycles. The van der Waals surface area contributed by atoms with Crippen molar-refractivity contribution in [1.29, 1.82) is 0 Å². The van der Waals surface area contributed by atoms with Gasteiger partial charge >= 0.3 is 0 Å². The van der Waals surface area contributed by atoms with E-state index in [2.05, 4.69) is 37.4 Å². The van der Waals surface area contributed by atoms with Gasteiger partial charge in [-0.1, -0.05) is 23.8 Å². The maximum atomic E-state index is 12.3. The minimum absolute atomic E-state index is 0.0256. The van der Waals surface area contributed by atoms with Gasteiger partial charge in [-0.3, -0.25) is 9.59 Å². The molecule has 0 saturated heterocycles. The zero-order valence-corrected chi connectivity index (χ0v) is 15.2. The Morgan fingerprint density at radius 2 is 1.87 bits per heavy atom. The van der Waals surface area contributed by atoms with E-state index in [1.807, 2.05) is 27.9 Å². The van der Waals surface area contributed by atoms with E-state index in [1.54, 1.807) is 4.90 Å². The number of rotatable bonds is 7. The number of hydrogen-bond acceptors (Lipinski definition) is 2. The van der Waals surface area contributed by atoms with E-state index >= 15 is 0 Å². The highest BCUT2D eigenvalue weighted by atomic mass is 16.2. The number of aryl methyl sites for hydroxylation is 2. The van der Waals surface area contributed by atoms with Gasteiger partial charge in [0, 0.05) is 19.6 Å². The molecule has 2 amide bonds. The predicted octanol–water partition coefficient (Wildman–Crippen LogP) is 0.301. The molecule has 0 aliphatic heterocycles. The third-order valence-electron chi connectivity index (χ3n) is 3.70. The van der Waals surface area contributed by atoms with E-state index in [4.69, 9.17) is 0 Å². The summed E-state index contributed by atoms with van der Waals surface area (Å²) < 4.78 is 0. The molecular formula is C18H30N3O2+. The summed E-state index contributed by atoms with van der Waals surface area (Å²) in [5.74, 6) is 0.0159. The largest absolute Gasteiger partial charge is 0.349 e. The van der Waals surface area contributed by atoms with Gasteiger partial charge in [-0.2, -0.15) is 0 Å². The van der Waals surface area contributed by atoms with Gasteiger partial charge < -0.3 is 15.1 Å². The molecule has 0 aliphatic carbocycles. The zero-order chi connectivity index (χ0) is 17.6. The number of likely N-dealkylation sites (N-methyl/N-ethyl adjacent to an activating group) is 2. The second kappa shape index (κ2) is 8.67. The van der Waals surface area contributed by atoms with Gasteiger partial charge in [-0.25, -0.2) is 0 Å². The first-order chi connectivity index (χ1) is 10.7. The van der Waals surface area contributed by atoms with Crippen molar-refractivity contribution in [2.75, 3.05) is 27.2 Å². The summed E-state index contributed by atoms with van der Waals surface area (Å²) in [4.78, 5) is 26.7. The van der Waals surface area contributed by atoms with Gasteiger partial charge in [0.05, 0.1) is 7.05 Å². The first-order valence-electron chi connectivity index (χ1n) is 8.09. The molecule has 1 atom stereocenters. The predicted molar refractivity (Wildman–Crippen MR) is 92.3 cm³/mol. The molecule has 0 bridgehead atoms. The number of carbonyl (C=O) groups excluding carboxylic acids is 2. The molecule has 5 heteroatoms. The van der Waals surface area contributed by atoms with E-state index in [0.717, 1.165) is 10.5 Å². The highest BCUT2D eigenvalue weighted by molar-refractivity contribution is 5.79. The first kappa shape index (κ1) is 19.2. The van der Waals surface area contributed by atoms with Crippen LogP contribution in [0.1, 0.15) is 30.5 Å². The lowest BCUT2D eigenvalue weighted by molar-refractivity contribution is -0.863. The summed E-state index contributed by atoms with van der Waals surface area (Å²) in [7, 11) is 3.67. The van der Waals surface area contributed by atoms with Crippen molar-refractivity contribution in [2.24, 2.45) is 0 Å². The first-order valence-corrected chi connectivity index (χ1v) is 8.09. The Kier molecular flexibility index (Phi) is 7.23. The van der Waals surface area contributed by atoms with Crippen LogP contribution in [0.4, 0.5) is 0 Å². The molecule has 1 aromatic rings. The molecule has 128 valence electrons. The number of nitrogens with one attached hydrogen (secondary N) is 2. The van der Waals surface area contributed by atoms with E-state index in [0.29, 0.717) is 19.6 Å². The Morgan fingerprint density at radius 1 is 1.22 bits per heavy atom. The number of amides is 2. The molecule has 0 radical (unpaired) electrons. The summed E-state index contributed by atoms with van der Waals surface area (Å²) in [6, 6.07) is 6.38. The van der Waals surface area contributed by atoms with Crippen LogP contribution in [0, 0.1) is 13.8 Å². The van der Waals surface area contributed by atoms with Crippen molar-refractivity contribution < 1.29 is 14.5 Å². The molecule has 0 heterocycles. The number of nitrogens with zero attached hydrogens (tertiary/aromatic N) is 1. The van der Waals surface area contributed by atoms with Crippen molar-refractivity contribution in [3.63, 3.8) is 0 Å². The normalized spacial score (nSPS) is 12.1. The van der Waals surface area contributed by atoms with Gasteiger partial charge in [0.25, 0.3) is 11.8 Å². The summed E-state index contributed by atoms with van der Waals surface area (Å²) >= 11 is 0. The van der Waals surface area contributed by atoms with Crippen molar-refractivity contribution in [1.82, 2.24) is 10.2 Å². The van der Waals surface area contributed by atoms with E-state index in [1.165, 1.54) is 11.1 Å². The minimum Gasteiger partial charge on any atom is -0.349 e. The monoisotopic (exact) mass is 320 g/mol. The Morgan fingerprint density at radius 3 is 2.43 bits per heavy atom. The Bertz CT molecular complexity index is 555. The topological polar surface area (TPSA) is 53.9 Å². The van der Waals surface area contributed by atoms with Crippen LogP contribution in [-0.4, -0.2) is 49.9 Å². The van der Waals surface area contributed by atoms with Crippen LogP contribution in [0.15, 0.2) is 18.2 Å². The van der Waals surface area contributed by atoms with E-state index in [9.17, 15) is 9.59 Å². The van der Waals surface area contributed by atoms with Crippen LogP contribution >= 0.6 is 0 Å². The Balaban J connectivity index is 2.51. The van der Waals surface area contributed by atoms with Crippen LogP contribution in [0.2, 0.25) is 0 Å². The molecule has 23 heavy (non-hydrogen) atoms. The maximum absolute atomic E-state index is 12.3. The average Bonchev–Trinajstić information content (AvgIpc) is 2.40. The van der Waals surface area contributed by atoms with E-state index in [-0.39, 0.29) is 17.9 Å². The molecule has 0 saturated carbocycles. The van der Waals surface area contributed by atoms with Crippen LogP contribution in [0.5, 0.6) is 0 Å². The van der Waals surface area contributed by atoms with Gasteiger partial charge in [0.1, 0.15) is 0 Å². The second-order valence-electron chi connectivity index (χ2n) is 6.71. The van der Waals surface area contributed by atoms with Crippen molar-refractivity contribution in [2.45, 2.75) is 40.3 Å². The fourth-order valence-electron chi connectivity index (χ4n) is 2.47. The van der Waals surface area contributed by atoms with Gasteiger partial charge in [0.15, 0.2) is 13.1 Å². The highest BCUT2D eigenvalue weighted by Gasteiger charge is 2.18. The molecule has 0 aliphatic rings. The average molecular weight is 320 g/mol. The van der Waals surface area contributed by atoms with Crippen LogP contribution in [0.3, 0.4) is 0 Å². The van der Waals surface area contributed by atoms with Crippen LogP contribution < -0.4 is 10.2 Å². The summed E-state index contributed by atoms with van der Waals surface area (Å²) in [5.41, 5.74) is 3.57. The standard InChI is InChI=1S/C18H29N3O2/c1-13(2)19-17(22)11-20(5)12-18(23)21(6)10-16-8-7-14(3)9-15(16)4/h7-9,13H,10-12H2,1-6H3,(H,19,22)/p+1. The van der Waals surface area contributed by atoms with Crippen molar-refractivity contribution >= 4 is 11.8 Å². The van der Waals surface area contributed by atoms with Crippen LogP contribution in [-0.2, 0) is 16.1 Å². The van der Waals surface area contributed by atoms with Crippen molar-refractivity contribution in [3.05, 3.63) is 34.9 Å². The second-order valence-corrected chi connectivity index (χ2v) is 6.71. The summed E-state index contributed by atoms with van der Waals surface area (Å²) in [5, 5.41) is 2.84. The third kappa shape index (κ3) is 6.82. The minimum atomic E-state index is -0.0256. The lowest BCUT2D eigenvalue weighted by Crippen LogP contribution is -3.11. The molecule has 0 fully saturated rings. The summed E-state index contributed by atoms with van der Waals surface area (Å²) in [6.45, 7) is 9.19. The Hall–Kier alpha value is -1.88. The van der Waals surface area contributed by atoms with Gasteiger partial charge in [-0.05, 0) is 38.8 Å². The quantitative estimate of drug-likeness (QED) is 0.759. The molecule has 0 spiro atoms. The fourth-order valence-corrected chi connectivity index (χ4v) is 2.47. The lowest BCUT2D eigenvalue weighted by Gasteiger charge is -2.21. The van der Waals surface area contributed by atoms with E-state index < -0.39 is 0 Å². The zero-order valence-electron chi connectivity index (χ0n) is 15.2. The fraction of sp³-hybridized carbons (Fsp3) is 0.556. The number of carbonyl (C=O) groups is 2. The molecule has 1 rings (SSSR count). The smallest absolute Gasteiger partial charge is 0.277 e. The maximum Gasteiger partial charge on any atom is 0.277 e. The number of quaternary nitrogens is 1. The third-order valence-corrected chi connectivity index (χ3v) is 3.70. The van der Waals surface area contributed by atoms with Crippen LogP contribution in [0.25, 0.3) is 0 Å². The van der Waals surface area contributed by atoms with Gasteiger partial charge in [0.2, 0.25) is 0 Å². The molecule has 1 unspecified atom stereocenters. The summed E-state index contributed by atoms with van der Waals surface area (Å²) in [6.07, 6.45) is 0. The highest BCUT2D eigenvalue weighted by Crippen LogP contribution is 2.12. The van der Waals surface area contributed by atoms with Crippen molar-refractivity contribution in [3.8, 4) is 0 Å². The molecular weight excluding hydrogens is 290 g/mol. The lowest BCUT2D eigenvalue weighted by atomic mass is 10.1. The molecule has 5 nitrogen and oxygen atoms in total. The number of hydrogen-bond donors (Lipinski definition) is 2. The molecule has 2 N–H and O–H groups in total. The van der Waals surface area contributed by atoms with Gasteiger partial charge in [-0.15, -0.1) is 0 Å². The Labute approximate surface area is 139 Å². The molecule has 0 aromatic heterocycles. The SMILES string of the molecule is Cc1ccc(CN(C)C(=O)C[NH+](C)CC(=O)NC(C)C)c(C)c1. The number of benzene rings is 1.